The van der Waals surface area contributed by atoms with E-state index < -0.39 is 18.1 Å². The summed E-state index contributed by atoms with van der Waals surface area (Å²) in [5, 5.41) is 18.9. The lowest BCUT2D eigenvalue weighted by Gasteiger charge is -2.30. The fourth-order valence-electron chi connectivity index (χ4n) is 8.64. The van der Waals surface area contributed by atoms with Crippen LogP contribution in [0.3, 0.4) is 0 Å². The van der Waals surface area contributed by atoms with Gasteiger partial charge in [0, 0.05) is 82.3 Å². The van der Waals surface area contributed by atoms with Gasteiger partial charge in [0.25, 0.3) is 5.91 Å². The third-order valence-corrected chi connectivity index (χ3v) is 12.8. The van der Waals surface area contributed by atoms with Crippen LogP contribution in [0.4, 0.5) is 15.3 Å². The lowest BCUT2D eigenvalue weighted by molar-refractivity contribution is -0.133. The van der Waals surface area contributed by atoms with Crippen molar-refractivity contribution >= 4 is 52.1 Å². The number of alkyl carbamates (subject to hydrolysis) is 1. The first-order chi connectivity index (χ1) is 37.2. The molecule has 4 aromatic rings. The first-order valence-electron chi connectivity index (χ1n) is 26.3. The van der Waals surface area contributed by atoms with Gasteiger partial charge in [-0.05, 0) is 84.7 Å². The number of carbonyl (C=O) groups excluding carboxylic acids is 5. The second-order valence-corrected chi connectivity index (χ2v) is 18.2. The van der Waals surface area contributed by atoms with Crippen molar-refractivity contribution in [2.45, 2.75) is 82.8 Å². The number of fused-ring (bicyclic) bond motifs is 2. The summed E-state index contributed by atoms with van der Waals surface area (Å²) in [6, 6.07) is 18.2. The zero-order chi connectivity index (χ0) is 53.6. The number of nitrogens with one attached hydrogen (secondary N) is 4. The average Bonchev–Trinajstić information content (AvgIpc) is 3.89. The van der Waals surface area contributed by atoms with Crippen LogP contribution in [0.2, 0.25) is 0 Å². The van der Waals surface area contributed by atoms with Crippen molar-refractivity contribution in [3.05, 3.63) is 102 Å². The van der Waals surface area contributed by atoms with E-state index in [1.165, 1.54) is 7.11 Å². The van der Waals surface area contributed by atoms with Gasteiger partial charge in [0.05, 0.1) is 96.9 Å². The molecule has 0 aliphatic carbocycles. The molecule has 0 radical (unpaired) electrons. The van der Waals surface area contributed by atoms with Crippen LogP contribution in [0.25, 0.3) is 10.9 Å². The third kappa shape index (κ3) is 19.8. The van der Waals surface area contributed by atoms with Gasteiger partial charge in [-0.15, -0.1) is 0 Å². The maximum Gasteiger partial charge on any atom is 0.407 e. The van der Waals surface area contributed by atoms with Gasteiger partial charge in [-0.2, -0.15) is 5.10 Å². The van der Waals surface area contributed by atoms with Crippen molar-refractivity contribution in [2.75, 3.05) is 112 Å². The van der Waals surface area contributed by atoms with Gasteiger partial charge in [-0.25, -0.2) is 14.6 Å². The first-order valence-corrected chi connectivity index (χ1v) is 26.3. The molecule has 21 nitrogen and oxygen atoms in total. The van der Waals surface area contributed by atoms with Gasteiger partial charge >= 0.3 is 12.1 Å². The molecule has 2 atom stereocenters. The molecule has 4 N–H and O–H groups in total. The number of urea groups is 1. The van der Waals surface area contributed by atoms with E-state index >= 15 is 0 Å². The third-order valence-electron chi connectivity index (χ3n) is 12.8. The molecule has 2 aromatic carbocycles. The van der Waals surface area contributed by atoms with Gasteiger partial charge in [0.2, 0.25) is 11.8 Å². The molecule has 0 saturated carbocycles. The Balaban J connectivity index is 0.861. The summed E-state index contributed by atoms with van der Waals surface area (Å²) in [6.45, 7) is 7.21. The minimum atomic E-state index is -0.801. The Morgan fingerprint density at radius 1 is 0.697 bits per heavy atom. The number of unbranched alkanes of at least 4 members (excludes halogenated alkanes) is 4. The van der Waals surface area contributed by atoms with E-state index in [1.54, 1.807) is 35.6 Å². The molecular weight excluding hydrogens is 979 g/mol. The highest BCUT2D eigenvalue weighted by Gasteiger charge is 2.34. The molecule has 0 saturated heterocycles. The van der Waals surface area contributed by atoms with Crippen LogP contribution in [-0.2, 0) is 60.6 Å². The van der Waals surface area contributed by atoms with Crippen molar-refractivity contribution < 1.29 is 57.1 Å². The van der Waals surface area contributed by atoms with Crippen molar-refractivity contribution in [3.63, 3.8) is 0 Å². The number of aromatic nitrogens is 2. The Morgan fingerprint density at radius 3 is 2.08 bits per heavy atom. The Hall–Kier alpha value is -6.62. The molecule has 0 fully saturated rings. The van der Waals surface area contributed by atoms with E-state index in [1.807, 2.05) is 60.7 Å². The molecule has 6 rings (SSSR count). The summed E-state index contributed by atoms with van der Waals surface area (Å²) in [5.74, 6) is -1.02. The summed E-state index contributed by atoms with van der Waals surface area (Å²) >= 11 is 0. The number of anilines is 1. The molecule has 0 spiro atoms. The fraction of sp³-hybridized carbons (Fsp3) is 0.527. The van der Waals surface area contributed by atoms with Crippen LogP contribution in [0.5, 0.6) is 0 Å². The maximum atomic E-state index is 14.2. The summed E-state index contributed by atoms with van der Waals surface area (Å²) in [7, 11) is 2.87. The number of amides is 6. The van der Waals surface area contributed by atoms with E-state index in [4.69, 9.17) is 38.3 Å². The maximum absolute atomic E-state index is 14.2. The highest BCUT2D eigenvalue weighted by Crippen LogP contribution is 2.34. The number of hydrogen-bond acceptors (Lipinski definition) is 15. The number of nitrogens with zero attached hydrogens (tertiary/aromatic N) is 5. The van der Waals surface area contributed by atoms with Crippen molar-refractivity contribution in [2.24, 2.45) is 5.10 Å². The topological polar surface area (TPSA) is 243 Å². The summed E-state index contributed by atoms with van der Waals surface area (Å²) < 4.78 is 36.9. The number of ether oxygens (including phenoxy) is 7. The predicted octanol–water partition coefficient (Wildman–Crippen LogP) is 5.70. The van der Waals surface area contributed by atoms with Crippen LogP contribution >= 0.6 is 0 Å². The van der Waals surface area contributed by atoms with E-state index in [9.17, 15) is 24.0 Å². The van der Waals surface area contributed by atoms with Crippen molar-refractivity contribution in [3.8, 4) is 0 Å². The van der Waals surface area contributed by atoms with Gasteiger partial charge in [-0.3, -0.25) is 24.4 Å². The molecule has 0 bridgehead atoms. The molecule has 412 valence electrons. The Bertz CT molecular complexity index is 2430. The monoisotopic (exact) mass is 1050 g/mol. The average molecular weight is 1050 g/mol. The molecule has 2 aliphatic rings. The molecule has 76 heavy (non-hydrogen) atoms. The lowest BCUT2D eigenvalue weighted by atomic mass is 9.86. The minimum absolute atomic E-state index is 0.0822. The Morgan fingerprint density at radius 2 is 1.37 bits per heavy atom. The molecular formula is C55H75N9O12. The number of rotatable bonds is 35. The van der Waals surface area contributed by atoms with Crippen LogP contribution in [0.1, 0.15) is 86.0 Å². The molecule has 1 unspecified atom stereocenters. The highest BCUT2D eigenvalue weighted by molar-refractivity contribution is 6.07. The van der Waals surface area contributed by atoms with Crippen LogP contribution in [0.15, 0.2) is 84.4 Å². The molecule has 2 aliphatic heterocycles. The highest BCUT2D eigenvalue weighted by atomic mass is 16.6. The standard InChI is InChI=1S/C55H75N9O12/c1-70-27-28-73-31-32-75-35-36-76-34-33-74-30-29-72-26-20-51(65)58-21-7-5-13-49(61-55(69)71-2)52(66)59-22-6-3-4-8-25-64-53(67)47(45-11-9-14-48-46(45)12-10-23-57-48)37-50(62-64)41-15-17-44(18-16-41)60-54(68)63-39-42-19-24-56-38-43(42)40-63/h9-12,14-19,23-24,38,47,49H,3-8,13,20-22,25-37,39-40H2,1-2H3,(H,58,65)(H,59,66)(H,60,68)(H,61,69)/t47?,49-/m0/s1. The first kappa shape index (κ1) is 58.6. The quantitative estimate of drug-likeness (QED) is 0.0404. The zero-order valence-corrected chi connectivity index (χ0v) is 44.0. The molecule has 6 amide bonds. The molecule has 21 heteroatoms. The van der Waals surface area contributed by atoms with Crippen LogP contribution in [0, 0.1) is 0 Å². The number of hydrogen-bond donors (Lipinski definition) is 4. The number of pyridine rings is 2. The van der Waals surface area contributed by atoms with Gasteiger partial charge < -0.3 is 59.3 Å². The lowest BCUT2D eigenvalue weighted by Crippen LogP contribution is -2.47. The largest absolute Gasteiger partial charge is 0.453 e. The number of hydrazone groups is 1. The smallest absolute Gasteiger partial charge is 0.407 e. The second-order valence-electron chi connectivity index (χ2n) is 18.2. The van der Waals surface area contributed by atoms with E-state index in [0.717, 1.165) is 51.7 Å². The van der Waals surface area contributed by atoms with E-state index in [0.29, 0.717) is 143 Å². The molecule has 2 aromatic heterocycles. The SMILES string of the molecule is COCCOCCOCCOCCOCCOCCC(=O)NCCCC[C@H](NC(=O)OC)C(=O)NCCCCCCN1N=C(c2ccc(NC(=O)N3Cc4ccncc4C3)cc2)CC(c2cccc3ncccc23)C1=O. The normalized spacial score (nSPS) is 14.5. The van der Waals surface area contributed by atoms with Crippen LogP contribution in [-0.4, -0.2) is 168 Å². The van der Waals surface area contributed by atoms with E-state index in [2.05, 4.69) is 31.2 Å². The van der Waals surface area contributed by atoms with Gasteiger partial charge in [0.1, 0.15) is 6.04 Å². The Labute approximate surface area is 445 Å². The van der Waals surface area contributed by atoms with Crippen molar-refractivity contribution in [1.82, 2.24) is 35.8 Å². The summed E-state index contributed by atoms with van der Waals surface area (Å²) in [4.78, 5) is 75.5. The fourth-order valence-corrected chi connectivity index (χ4v) is 8.64. The second kappa shape index (κ2) is 33.4. The summed E-state index contributed by atoms with van der Waals surface area (Å²) in [6.07, 6.45) is 9.69. The van der Waals surface area contributed by atoms with Crippen LogP contribution < -0.4 is 21.3 Å². The number of carbonyl (C=O) groups is 5. The predicted molar refractivity (Wildman–Crippen MR) is 285 cm³/mol. The zero-order valence-electron chi connectivity index (χ0n) is 44.0. The molecule has 4 heterocycles. The van der Waals surface area contributed by atoms with Crippen molar-refractivity contribution in [1.29, 1.82) is 0 Å². The van der Waals surface area contributed by atoms with E-state index in [-0.39, 0.29) is 36.8 Å². The van der Waals surface area contributed by atoms with Gasteiger partial charge in [0.15, 0.2) is 0 Å². The minimum Gasteiger partial charge on any atom is -0.453 e. The summed E-state index contributed by atoms with van der Waals surface area (Å²) in [5.41, 5.74) is 6.11. The number of benzene rings is 2. The van der Waals surface area contributed by atoms with Gasteiger partial charge in [-0.1, -0.05) is 43.2 Å². The number of methoxy groups -OCH3 is 2. The Kier molecular flexibility index (Phi) is 25.8.